The quantitative estimate of drug-likeness (QED) is 0.180. The number of hydrogen-bond acceptors (Lipinski definition) is 2. The molecule has 11 rings (SSSR count). The summed E-state index contributed by atoms with van der Waals surface area (Å²) in [5, 5.41) is 10.7. The number of hydrogen-bond donors (Lipinski definition) is 0. The molecule has 1 aliphatic rings. The number of benzene rings is 8. The number of para-hydroxylation sites is 1. The lowest BCUT2D eigenvalue weighted by Crippen LogP contribution is -1.92. The van der Waals surface area contributed by atoms with Gasteiger partial charge in [-0.15, -0.1) is 0 Å². The number of allylic oxidation sites excluding steroid dienone is 1. The average molecular weight is 639 g/mol. The van der Waals surface area contributed by atoms with Crippen LogP contribution in [0.2, 0.25) is 0 Å². The first-order valence-corrected chi connectivity index (χ1v) is 17.4. The van der Waals surface area contributed by atoms with Crippen LogP contribution in [0.4, 0.5) is 0 Å². The lowest BCUT2D eigenvalue weighted by atomic mass is 9.83. The molecule has 0 spiro atoms. The van der Waals surface area contributed by atoms with Gasteiger partial charge in [0.1, 0.15) is 22.5 Å². The number of aryl methyl sites for hydroxylation is 1. The topological polar surface area (TPSA) is 26.3 Å². The van der Waals surface area contributed by atoms with Gasteiger partial charge in [-0.2, -0.15) is 0 Å². The van der Waals surface area contributed by atoms with E-state index in [0.29, 0.717) is 0 Å². The molecule has 2 aromatic heterocycles. The van der Waals surface area contributed by atoms with Crippen LogP contribution in [0.1, 0.15) is 17.7 Å². The third-order valence-corrected chi connectivity index (χ3v) is 10.7. The molecule has 2 nitrogen and oxygen atoms in total. The summed E-state index contributed by atoms with van der Waals surface area (Å²) in [5.41, 5.74) is 11.1. The van der Waals surface area contributed by atoms with Crippen LogP contribution in [0.3, 0.4) is 0 Å². The zero-order valence-corrected chi connectivity index (χ0v) is 27.2. The molecule has 234 valence electrons. The van der Waals surface area contributed by atoms with Crippen LogP contribution in [-0.4, -0.2) is 0 Å². The molecule has 50 heavy (non-hydrogen) atoms. The molecule has 2 heterocycles. The van der Waals surface area contributed by atoms with Crippen molar-refractivity contribution in [1.82, 2.24) is 0 Å². The second-order valence-corrected chi connectivity index (χ2v) is 13.4. The first-order chi connectivity index (χ1) is 24.8. The van der Waals surface area contributed by atoms with Gasteiger partial charge in [0, 0.05) is 33.5 Å². The van der Waals surface area contributed by atoms with Gasteiger partial charge in [0.05, 0.1) is 0 Å². The van der Waals surface area contributed by atoms with Gasteiger partial charge in [-0.25, -0.2) is 0 Å². The summed E-state index contributed by atoms with van der Waals surface area (Å²) in [5.74, 6) is 1.08. The molecule has 8 aromatic carbocycles. The Morgan fingerprint density at radius 1 is 0.420 bits per heavy atom. The van der Waals surface area contributed by atoms with Crippen molar-refractivity contribution >= 4 is 71.3 Å². The maximum absolute atomic E-state index is 6.74. The molecule has 0 aliphatic heterocycles. The Kier molecular flexibility index (Phi) is 5.82. The summed E-state index contributed by atoms with van der Waals surface area (Å²) >= 11 is 0. The van der Waals surface area contributed by atoms with Gasteiger partial charge in [0.15, 0.2) is 0 Å². The minimum atomic E-state index is 0.886. The van der Waals surface area contributed by atoms with E-state index in [1.165, 1.54) is 65.7 Å². The SMILES string of the molecule is C1=Cc2c(oc3c2cc(-c2cc(-c4c5ccccc5c(-c5ccccc5)c5ccccc45)c4c(c2)oc2ccccc24)c2ccccc23)CC1. The van der Waals surface area contributed by atoms with Gasteiger partial charge < -0.3 is 8.83 Å². The predicted octanol–water partition coefficient (Wildman–Crippen LogP) is 13.8. The highest BCUT2D eigenvalue weighted by atomic mass is 16.3. The minimum absolute atomic E-state index is 0.886. The average Bonchev–Trinajstić information content (AvgIpc) is 3.75. The third-order valence-electron chi connectivity index (χ3n) is 10.7. The normalized spacial score (nSPS) is 13.0. The van der Waals surface area contributed by atoms with Crippen LogP contribution in [0, 0.1) is 0 Å². The van der Waals surface area contributed by atoms with Crippen molar-refractivity contribution in [3.8, 4) is 33.4 Å². The summed E-state index contributed by atoms with van der Waals surface area (Å²) in [6.07, 6.45) is 6.44. The number of furan rings is 2. The van der Waals surface area contributed by atoms with Crippen molar-refractivity contribution in [1.29, 1.82) is 0 Å². The molecule has 0 unspecified atom stereocenters. The molecule has 0 radical (unpaired) electrons. The zero-order valence-electron chi connectivity index (χ0n) is 27.2. The predicted molar refractivity (Wildman–Crippen MR) is 210 cm³/mol. The Hall–Kier alpha value is -6.38. The fraction of sp³-hybridized carbons (Fsp3) is 0.0417. The lowest BCUT2D eigenvalue weighted by Gasteiger charge is -2.19. The van der Waals surface area contributed by atoms with E-state index < -0.39 is 0 Å². The van der Waals surface area contributed by atoms with E-state index in [9.17, 15) is 0 Å². The zero-order chi connectivity index (χ0) is 32.8. The molecule has 0 fully saturated rings. The number of rotatable bonds is 3. The second kappa shape index (κ2) is 10.6. The van der Waals surface area contributed by atoms with Gasteiger partial charge in [0.25, 0.3) is 0 Å². The highest BCUT2D eigenvalue weighted by molar-refractivity contribution is 6.26. The Morgan fingerprint density at radius 3 is 1.78 bits per heavy atom. The van der Waals surface area contributed by atoms with Gasteiger partial charge in [-0.3, -0.25) is 0 Å². The molecule has 0 N–H and O–H groups in total. The van der Waals surface area contributed by atoms with Gasteiger partial charge in [-0.05, 0) is 91.0 Å². The molecule has 1 aliphatic carbocycles. The maximum Gasteiger partial charge on any atom is 0.142 e. The second-order valence-electron chi connectivity index (χ2n) is 13.4. The summed E-state index contributed by atoms with van der Waals surface area (Å²) in [6.45, 7) is 0. The molecule has 10 aromatic rings. The van der Waals surface area contributed by atoms with E-state index in [1.807, 2.05) is 0 Å². The number of fused-ring (bicyclic) bond motifs is 10. The summed E-state index contributed by atoms with van der Waals surface area (Å²) in [6, 6.07) is 52.7. The Morgan fingerprint density at radius 2 is 1.04 bits per heavy atom. The van der Waals surface area contributed by atoms with Crippen LogP contribution in [0.25, 0.3) is 105 Å². The molecular formula is C48H30O2. The molecule has 0 amide bonds. The summed E-state index contributed by atoms with van der Waals surface area (Å²) in [7, 11) is 0. The van der Waals surface area contributed by atoms with Crippen molar-refractivity contribution in [2.75, 3.05) is 0 Å². The summed E-state index contributed by atoms with van der Waals surface area (Å²) < 4.78 is 13.3. The van der Waals surface area contributed by atoms with Crippen LogP contribution >= 0.6 is 0 Å². The van der Waals surface area contributed by atoms with Crippen LogP contribution in [0.5, 0.6) is 0 Å². The van der Waals surface area contributed by atoms with Gasteiger partial charge >= 0.3 is 0 Å². The van der Waals surface area contributed by atoms with Crippen LogP contribution < -0.4 is 0 Å². The third kappa shape index (κ3) is 3.90. The first-order valence-electron chi connectivity index (χ1n) is 17.4. The molecule has 0 bridgehead atoms. The minimum Gasteiger partial charge on any atom is -0.460 e. The van der Waals surface area contributed by atoms with E-state index in [0.717, 1.165) is 57.1 Å². The van der Waals surface area contributed by atoms with E-state index in [4.69, 9.17) is 8.83 Å². The summed E-state index contributed by atoms with van der Waals surface area (Å²) in [4.78, 5) is 0. The molecule has 0 saturated heterocycles. The molecular weight excluding hydrogens is 609 g/mol. The maximum atomic E-state index is 6.74. The monoisotopic (exact) mass is 638 g/mol. The Balaban J connectivity index is 1.31. The fourth-order valence-electron chi connectivity index (χ4n) is 8.55. The highest BCUT2D eigenvalue weighted by Crippen LogP contribution is 2.49. The van der Waals surface area contributed by atoms with E-state index in [2.05, 4.69) is 158 Å². The first kappa shape index (κ1) is 27.6. The van der Waals surface area contributed by atoms with Gasteiger partial charge in [-0.1, -0.05) is 133 Å². The molecule has 2 heteroatoms. The van der Waals surface area contributed by atoms with Crippen LogP contribution in [0.15, 0.2) is 161 Å². The Bertz CT molecular complexity index is 2970. The van der Waals surface area contributed by atoms with Crippen molar-refractivity contribution in [3.63, 3.8) is 0 Å². The van der Waals surface area contributed by atoms with E-state index in [1.54, 1.807) is 0 Å². The fourth-order valence-corrected chi connectivity index (χ4v) is 8.55. The van der Waals surface area contributed by atoms with Gasteiger partial charge in [0.2, 0.25) is 0 Å². The van der Waals surface area contributed by atoms with Crippen molar-refractivity contribution in [3.05, 3.63) is 163 Å². The van der Waals surface area contributed by atoms with E-state index in [-0.39, 0.29) is 0 Å². The smallest absolute Gasteiger partial charge is 0.142 e. The lowest BCUT2D eigenvalue weighted by molar-refractivity contribution is 0.549. The Labute approximate surface area is 288 Å². The molecule has 0 atom stereocenters. The van der Waals surface area contributed by atoms with Crippen LogP contribution in [-0.2, 0) is 6.42 Å². The van der Waals surface area contributed by atoms with Crippen molar-refractivity contribution in [2.45, 2.75) is 12.8 Å². The standard InChI is InChI=1S/C48H30O2/c1-2-14-29(15-3-1)45-33-18-5-7-20-35(33)46(36-21-8-6-19-34(36)45)41-26-30(27-44-47(41)38-23-11-13-25-43(38)49-44)39-28-40-32-17-10-12-24-42(32)50-48(40)37-22-9-4-16-31(37)39/h1-11,13-23,25-28H,12,24H2. The van der Waals surface area contributed by atoms with Crippen molar-refractivity contribution in [2.24, 2.45) is 0 Å². The highest BCUT2D eigenvalue weighted by Gasteiger charge is 2.24. The molecule has 0 saturated carbocycles. The largest absolute Gasteiger partial charge is 0.460 e. The van der Waals surface area contributed by atoms with Crippen molar-refractivity contribution < 1.29 is 8.83 Å². The van der Waals surface area contributed by atoms with E-state index >= 15 is 0 Å².